The third-order valence-corrected chi connectivity index (χ3v) is 2.77. The molecule has 17 heavy (non-hydrogen) atoms. The molecule has 0 bridgehead atoms. The maximum Gasteiger partial charge on any atom is 0.0271 e. The number of hydrogen-bond donors (Lipinski definition) is 1. The molecule has 3 heteroatoms. The zero-order chi connectivity index (χ0) is 12.5. The Balaban J connectivity index is 2.07. The van der Waals surface area contributed by atoms with E-state index in [1.54, 1.807) is 0 Å². The van der Waals surface area contributed by atoms with Gasteiger partial charge in [0.05, 0.1) is 0 Å². The molecule has 0 saturated heterocycles. The molecule has 0 saturated carbocycles. The highest BCUT2D eigenvalue weighted by molar-refractivity contribution is 5.09. The van der Waals surface area contributed by atoms with Gasteiger partial charge >= 0.3 is 0 Å². The summed E-state index contributed by atoms with van der Waals surface area (Å²) >= 11 is 0. The quantitative estimate of drug-likeness (QED) is 0.700. The van der Waals surface area contributed by atoms with Gasteiger partial charge in [0.1, 0.15) is 0 Å². The van der Waals surface area contributed by atoms with Crippen LogP contribution in [0.25, 0.3) is 0 Å². The molecule has 3 nitrogen and oxygen atoms in total. The smallest absolute Gasteiger partial charge is 0.0271 e. The Morgan fingerprint density at radius 2 is 1.94 bits per heavy atom. The van der Waals surface area contributed by atoms with Gasteiger partial charge in [0, 0.05) is 32.0 Å². The minimum atomic E-state index is 0.789. The lowest BCUT2D eigenvalue weighted by Gasteiger charge is -2.17. The van der Waals surface area contributed by atoms with Crippen LogP contribution in [0.5, 0.6) is 0 Å². The monoisotopic (exact) mass is 235 g/mol. The van der Waals surface area contributed by atoms with Crippen LogP contribution < -0.4 is 5.32 Å². The van der Waals surface area contributed by atoms with Gasteiger partial charge in [-0.2, -0.15) is 0 Å². The lowest BCUT2D eigenvalue weighted by atomic mass is 10.1. The van der Waals surface area contributed by atoms with Crippen molar-refractivity contribution in [3.8, 4) is 0 Å². The number of rotatable bonds is 8. The topological polar surface area (TPSA) is 28.2 Å². The molecule has 0 aliphatic rings. The van der Waals surface area contributed by atoms with Crippen molar-refractivity contribution in [2.75, 3.05) is 26.7 Å². The minimum Gasteiger partial charge on any atom is -0.315 e. The first-order valence-electron chi connectivity index (χ1n) is 6.46. The van der Waals surface area contributed by atoms with E-state index in [0.717, 1.165) is 32.1 Å². The van der Waals surface area contributed by atoms with E-state index >= 15 is 0 Å². The van der Waals surface area contributed by atoms with Crippen LogP contribution in [0, 0.1) is 5.92 Å². The fourth-order valence-corrected chi connectivity index (χ4v) is 1.66. The van der Waals surface area contributed by atoms with Gasteiger partial charge in [0.2, 0.25) is 0 Å². The van der Waals surface area contributed by atoms with Crippen LogP contribution in [0.15, 0.2) is 24.5 Å². The van der Waals surface area contributed by atoms with Crippen LogP contribution in [-0.4, -0.2) is 36.6 Å². The van der Waals surface area contributed by atoms with Gasteiger partial charge in [-0.05, 0) is 43.6 Å². The number of nitrogens with one attached hydrogen (secondary N) is 1. The molecular formula is C14H25N3. The summed E-state index contributed by atoms with van der Waals surface area (Å²) in [6.45, 7) is 8.79. The van der Waals surface area contributed by atoms with Crippen molar-refractivity contribution < 1.29 is 0 Å². The second kappa shape index (κ2) is 8.20. The minimum absolute atomic E-state index is 0.789. The summed E-state index contributed by atoms with van der Waals surface area (Å²) in [5.41, 5.74) is 1.32. The maximum atomic E-state index is 4.02. The van der Waals surface area contributed by atoms with Crippen LogP contribution in [0.3, 0.4) is 0 Å². The molecule has 1 rings (SSSR count). The molecule has 1 heterocycles. The first kappa shape index (κ1) is 14.1. The van der Waals surface area contributed by atoms with E-state index < -0.39 is 0 Å². The zero-order valence-corrected chi connectivity index (χ0v) is 11.3. The number of nitrogens with zero attached hydrogens (tertiary/aromatic N) is 2. The van der Waals surface area contributed by atoms with E-state index in [1.807, 2.05) is 12.4 Å². The lowest BCUT2D eigenvalue weighted by Crippen LogP contribution is -2.29. The fraction of sp³-hybridized carbons (Fsp3) is 0.643. The van der Waals surface area contributed by atoms with E-state index in [4.69, 9.17) is 0 Å². The standard InChI is InChI=1S/C14H25N3/c1-13(2)4-7-16-10-11-17(3)12-14-5-8-15-9-6-14/h5-6,8-9,13,16H,4,7,10-12H2,1-3H3. The highest BCUT2D eigenvalue weighted by atomic mass is 15.1. The normalized spacial score (nSPS) is 11.4. The molecule has 1 N–H and O–H groups in total. The van der Waals surface area contributed by atoms with Crippen LogP contribution in [0.2, 0.25) is 0 Å². The Morgan fingerprint density at radius 1 is 1.24 bits per heavy atom. The third kappa shape index (κ3) is 7.08. The molecule has 0 aliphatic carbocycles. The van der Waals surface area contributed by atoms with Gasteiger partial charge in [0.25, 0.3) is 0 Å². The fourth-order valence-electron chi connectivity index (χ4n) is 1.66. The molecule has 0 spiro atoms. The van der Waals surface area contributed by atoms with Gasteiger partial charge in [-0.25, -0.2) is 0 Å². The molecule has 0 unspecified atom stereocenters. The summed E-state index contributed by atoms with van der Waals surface area (Å²) in [6.07, 6.45) is 4.96. The van der Waals surface area contributed by atoms with Gasteiger partial charge in [-0.3, -0.25) is 4.98 Å². The van der Waals surface area contributed by atoms with Gasteiger partial charge in [0.15, 0.2) is 0 Å². The number of hydrogen-bond acceptors (Lipinski definition) is 3. The van der Waals surface area contributed by atoms with E-state index in [9.17, 15) is 0 Å². The van der Waals surface area contributed by atoms with Crippen LogP contribution >= 0.6 is 0 Å². The van der Waals surface area contributed by atoms with Gasteiger partial charge < -0.3 is 10.2 Å². The molecule has 0 radical (unpaired) electrons. The largest absolute Gasteiger partial charge is 0.315 e. The molecular weight excluding hydrogens is 210 g/mol. The summed E-state index contributed by atoms with van der Waals surface area (Å²) in [5.74, 6) is 0.789. The molecule has 0 aromatic carbocycles. The number of likely N-dealkylation sites (N-methyl/N-ethyl adjacent to an activating group) is 1. The second-order valence-electron chi connectivity index (χ2n) is 5.03. The maximum absolute atomic E-state index is 4.02. The van der Waals surface area contributed by atoms with Crippen LogP contribution in [0.4, 0.5) is 0 Å². The molecule has 96 valence electrons. The van der Waals surface area contributed by atoms with Crippen molar-refractivity contribution >= 4 is 0 Å². The van der Waals surface area contributed by atoms with E-state index in [1.165, 1.54) is 12.0 Å². The van der Waals surface area contributed by atoms with Crippen molar-refractivity contribution in [2.24, 2.45) is 5.92 Å². The van der Waals surface area contributed by atoms with E-state index in [2.05, 4.69) is 48.2 Å². The average Bonchev–Trinajstić information content (AvgIpc) is 2.29. The molecule has 0 amide bonds. The Hall–Kier alpha value is -0.930. The Labute approximate surface area is 105 Å². The summed E-state index contributed by atoms with van der Waals surface area (Å²) in [6, 6.07) is 4.14. The summed E-state index contributed by atoms with van der Waals surface area (Å²) in [5, 5.41) is 3.48. The Kier molecular flexibility index (Phi) is 6.82. The van der Waals surface area contributed by atoms with Crippen molar-refractivity contribution in [2.45, 2.75) is 26.8 Å². The lowest BCUT2D eigenvalue weighted by molar-refractivity contribution is 0.323. The molecule has 1 aromatic heterocycles. The third-order valence-electron chi connectivity index (χ3n) is 2.77. The molecule has 0 fully saturated rings. The van der Waals surface area contributed by atoms with Crippen LogP contribution in [-0.2, 0) is 6.54 Å². The highest BCUT2D eigenvalue weighted by Gasteiger charge is 1.99. The predicted molar refractivity (Wildman–Crippen MR) is 72.9 cm³/mol. The van der Waals surface area contributed by atoms with Crippen molar-refractivity contribution in [3.63, 3.8) is 0 Å². The van der Waals surface area contributed by atoms with E-state index in [0.29, 0.717) is 0 Å². The average molecular weight is 235 g/mol. The van der Waals surface area contributed by atoms with Crippen molar-refractivity contribution in [3.05, 3.63) is 30.1 Å². The first-order valence-corrected chi connectivity index (χ1v) is 6.46. The molecule has 1 aromatic rings. The summed E-state index contributed by atoms with van der Waals surface area (Å²) < 4.78 is 0. The zero-order valence-electron chi connectivity index (χ0n) is 11.3. The summed E-state index contributed by atoms with van der Waals surface area (Å²) in [7, 11) is 2.16. The van der Waals surface area contributed by atoms with Crippen molar-refractivity contribution in [1.29, 1.82) is 0 Å². The molecule has 0 aliphatic heterocycles. The Morgan fingerprint density at radius 3 is 2.59 bits per heavy atom. The highest BCUT2D eigenvalue weighted by Crippen LogP contribution is 2.00. The molecule has 0 atom stereocenters. The predicted octanol–water partition coefficient (Wildman–Crippen LogP) is 2.15. The second-order valence-corrected chi connectivity index (χ2v) is 5.03. The summed E-state index contributed by atoms with van der Waals surface area (Å²) in [4.78, 5) is 6.36. The Bertz CT molecular complexity index is 285. The number of pyridine rings is 1. The van der Waals surface area contributed by atoms with Crippen molar-refractivity contribution in [1.82, 2.24) is 15.2 Å². The van der Waals surface area contributed by atoms with Gasteiger partial charge in [-0.15, -0.1) is 0 Å². The first-order chi connectivity index (χ1) is 8.18. The SMILES string of the molecule is CC(C)CCNCCN(C)Cc1ccncc1. The van der Waals surface area contributed by atoms with Gasteiger partial charge in [-0.1, -0.05) is 13.8 Å². The van der Waals surface area contributed by atoms with Crippen LogP contribution in [0.1, 0.15) is 25.8 Å². The number of aromatic nitrogens is 1. The van der Waals surface area contributed by atoms with E-state index in [-0.39, 0.29) is 0 Å².